The number of para-hydroxylation sites is 1. The lowest BCUT2D eigenvalue weighted by atomic mass is 10.1. The van der Waals surface area contributed by atoms with Gasteiger partial charge in [-0.25, -0.2) is 13.2 Å². The second kappa shape index (κ2) is 8.26. The summed E-state index contributed by atoms with van der Waals surface area (Å²) in [4.78, 5) is 37.0. The van der Waals surface area contributed by atoms with E-state index in [1.165, 1.54) is 24.3 Å². The van der Waals surface area contributed by atoms with Crippen LogP contribution in [0.5, 0.6) is 0 Å². The zero-order valence-electron chi connectivity index (χ0n) is 15.3. The number of hydrogen-bond acceptors (Lipinski definition) is 7. The average Bonchev–Trinajstić information content (AvgIpc) is 3.30. The average molecular weight is 410 g/mol. The Morgan fingerprint density at radius 3 is 2.43 bits per heavy atom. The number of nitrogens with zero attached hydrogens (tertiary/aromatic N) is 2. The summed E-state index contributed by atoms with van der Waals surface area (Å²) in [6.45, 7) is -0.571. The fourth-order valence-corrected chi connectivity index (χ4v) is 5.68. The number of rotatable bonds is 6. The Bertz CT molecular complexity index is 878. The molecule has 9 nitrogen and oxygen atoms in total. The largest absolute Gasteiger partial charge is 0.452 e. The number of sulfone groups is 1. The van der Waals surface area contributed by atoms with Crippen LogP contribution in [-0.4, -0.2) is 60.3 Å². The first-order chi connectivity index (χ1) is 13.3. The fourth-order valence-electron chi connectivity index (χ4n) is 3.97. The van der Waals surface area contributed by atoms with Crippen LogP contribution in [0.4, 0.5) is 5.69 Å². The van der Waals surface area contributed by atoms with E-state index in [2.05, 4.69) is 0 Å². The van der Waals surface area contributed by atoms with Gasteiger partial charge in [-0.1, -0.05) is 25.0 Å². The van der Waals surface area contributed by atoms with E-state index in [9.17, 15) is 28.1 Å². The van der Waals surface area contributed by atoms with E-state index in [0.29, 0.717) is 6.42 Å². The Balaban J connectivity index is 1.70. The molecule has 1 amide bonds. The molecular weight excluding hydrogens is 388 g/mol. The lowest BCUT2D eigenvalue weighted by molar-refractivity contribution is -0.385. The van der Waals surface area contributed by atoms with Crippen LogP contribution in [0.2, 0.25) is 0 Å². The molecule has 1 aliphatic carbocycles. The predicted molar refractivity (Wildman–Crippen MR) is 99.5 cm³/mol. The van der Waals surface area contributed by atoms with E-state index in [1.54, 1.807) is 4.90 Å². The van der Waals surface area contributed by atoms with Gasteiger partial charge in [-0.05, 0) is 25.3 Å². The number of carbonyl (C=O) groups excluding carboxylic acids is 2. The molecule has 2 aliphatic rings. The Morgan fingerprint density at radius 2 is 1.82 bits per heavy atom. The molecule has 3 rings (SSSR count). The van der Waals surface area contributed by atoms with Crippen LogP contribution in [0.3, 0.4) is 0 Å². The Labute approximate surface area is 162 Å². The van der Waals surface area contributed by atoms with Crippen LogP contribution in [0.15, 0.2) is 24.3 Å². The van der Waals surface area contributed by atoms with Crippen LogP contribution >= 0.6 is 0 Å². The summed E-state index contributed by atoms with van der Waals surface area (Å²) in [5, 5.41) is 11.0. The third-order valence-corrected chi connectivity index (χ3v) is 7.01. The van der Waals surface area contributed by atoms with Gasteiger partial charge in [-0.15, -0.1) is 0 Å². The SMILES string of the molecule is O=C(OCC(=O)N(C1CCCC1)[C@H]1CCS(=O)(=O)C1)c1ccccc1[N+](=O)[O-]. The van der Waals surface area contributed by atoms with E-state index >= 15 is 0 Å². The maximum Gasteiger partial charge on any atom is 0.345 e. The molecule has 1 aromatic carbocycles. The summed E-state index contributed by atoms with van der Waals surface area (Å²) in [5.41, 5.74) is -0.620. The highest BCUT2D eigenvalue weighted by molar-refractivity contribution is 7.91. The molecule has 28 heavy (non-hydrogen) atoms. The molecule has 1 aromatic rings. The number of nitro benzene ring substituents is 1. The van der Waals surface area contributed by atoms with Gasteiger partial charge < -0.3 is 9.64 Å². The molecule has 0 unspecified atom stereocenters. The van der Waals surface area contributed by atoms with Crippen molar-refractivity contribution in [2.24, 2.45) is 0 Å². The number of hydrogen-bond donors (Lipinski definition) is 0. The fraction of sp³-hybridized carbons (Fsp3) is 0.556. The first-order valence-corrected chi connectivity index (χ1v) is 11.0. The number of carbonyl (C=O) groups is 2. The molecule has 0 aromatic heterocycles. The first kappa shape index (κ1) is 20.2. The lowest BCUT2D eigenvalue weighted by Crippen LogP contribution is -2.48. The zero-order valence-corrected chi connectivity index (χ0v) is 16.1. The summed E-state index contributed by atoms with van der Waals surface area (Å²) in [6, 6.07) is 4.89. The van der Waals surface area contributed by atoms with Gasteiger partial charge in [0.15, 0.2) is 16.4 Å². The van der Waals surface area contributed by atoms with Crippen molar-refractivity contribution in [1.29, 1.82) is 0 Å². The Kier molecular flexibility index (Phi) is 5.97. The Morgan fingerprint density at radius 1 is 1.14 bits per heavy atom. The molecule has 1 saturated carbocycles. The molecule has 0 spiro atoms. The summed E-state index contributed by atoms with van der Waals surface area (Å²) < 4.78 is 28.7. The Hall–Kier alpha value is -2.49. The smallest absolute Gasteiger partial charge is 0.345 e. The van der Waals surface area contributed by atoms with Gasteiger partial charge in [0.2, 0.25) is 0 Å². The van der Waals surface area contributed by atoms with Crippen molar-refractivity contribution in [2.45, 2.75) is 44.2 Å². The predicted octanol–water partition coefficient (Wildman–Crippen LogP) is 1.71. The lowest BCUT2D eigenvalue weighted by Gasteiger charge is -2.33. The van der Waals surface area contributed by atoms with Gasteiger partial charge in [-0.3, -0.25) is 14.9 Å². The molecule has 0 N–H and O–H groups in total. The molecule has 1 atom stereocenters. The van der Waals surface area contributed by atoms with Crippen molar-refractivity contribution in [1.82, 2.24) is 4.90 Å². The van der Waals surface area contributed by atoms with Crippen LogP contribution in [0, 0.1) is 10.1 Å². The van der Waals surface area contributed by atoms with Gasteiger partial charge in [0.25, 0.3) is 11.6 Å². The van der Waals surface area contributed by atoms with Crippen molar-refractivity contribution in [3.05, 3.63) is 39.9 Å². The van der Waals surface area contributed by atoms with Gasteiger partial charge in [0, 0.05) is 18.2 Å². The molecule has 1 heterocycles. The normalized spacial score (nSPS) is 21.4. The van der Waals surface area contributed by atoms with Crippen LogP contribution < -0.4 is 0 Å². The molecule has 1 aliphatic heterocycles. The highest BCUT2D eigenvalue weighted by Gasteiger charge is 2.39. The van der Waals surface area contributed by atoms with Crippen molar-refractivity contribution in [3.63, 3.8) is 0 Å². The molecular formula is C18H22N2O7S. The molecule has 2 fully saturated rings. The van der Waals surface area contributed by atoms with E-state index < -0.39 is 45.0 Å². The minimum atomic E-state index is -3.17. The van der Waals surface area contributed by atoms with Crippen LogP contribution in [-0.2, 0) is 19.4 Å². The molecule has 0 radical (unpaired) electrons. The molecule has 10 heteroatoms. The van der Waals surface area contributed by atoms with E-state index in [4.69, 9.17) is 4.74 Å². The maximum absolute atomic E-state index is 12.8. The van der Waals surface area contributed by atoms with Crippen LogP contribution in [0.1, 0.15) is 42.5 Å². The van der Waals surface area contributed by atoms with Gasteiger partial charge >= 0.3 is 5.97 Å². The number of esters is 1. The number of ether oxygens (including phenoxy) is 1. The third-order valence-electron chi connectivity index (χ3n) is 5.26. The van der Waals surface area contributed by atoms with E-state index in [1.807, 2.05) is 0 Å². The summed E-state index contributed by atoms with van der Waals surface area (Å²) >= 11 is 0. The standard InChI is InChI=1S/C18H22N2O7S/c21-17(11-27-18(22)15-7-3-4-8-16(15)20(23)24)19(13-5-1-2-6-13)14-9-10-28(25,26)12-14/h3-4,7-8,13-14H,1-2,5-6,9-12H2/t14-/m0/s1. The van der Waals surface area contributed by atoms with E-state index in [-0.39, 0.29) is 23.1 Å². The van der Waals surface area contributed by atoms with Gasteiger partial charge in [0.05, 0.1) is 16.4 Å². The van der Waals surface area contributed by atoms with Crippen LogP contribution in [0.25, 0.3) is 0 Å². The number of amides is 1. The summed E-state index contributed by atoms with van der Waals surface area (Å²) in [6.07, 6.45) is 3.89. The first-order valence-electron chi connectivity index (χ1n) is 9.20. The second-order valence-corrected chi connectivity index (χ2v) is 9.38. The quantitative estimate of drug-likeness (QED) is 0.397. The van der Waals surface area contributed by atoms with Gasteiger partial charge in [-0.2, -0.15) is 0 Å². The highest BCUT2D eigenvalue weighted by Crippen LogP contribution is 2.29. The zero-order chi connectivity index (χ0) is 20.3. The van der Waals surface area contributed by atoms with Crippen molar-refractivity contribution in [2.75, 3.05) is 18.1 Å². The van der Waals surface area contributed by atoms with Gasteiger partial charge in [0.1, 0.15) is 5.56 Å². The minimum Gasteiger partial charge on any atom is -0.452 e. The second-order valence-electron chi connectivity index (χ2n) is 7.15. The highest BCUT2D eigenvalue weighted by atomic mass is 32.2. The third kappa shape index (κ3) is 4.49. The monoisotopic (exact) mass is 410 g/mol. The number of benzene rings is 1. The minimum absolute atomic E-state index is 0.0458. The molecule has 1 saturated heterocycles. The van der Waals surface area contributed by atoms with Crippen molar-refractivity contribution in [3.8, 4) is 0 Å². The number of nitro groups is 1. The molecule has 152 valence electrons. The summed E-state index contributed by atoms with van der Waals surface area (Å²) in [5.74, 6) is -1.44. The summed E-state index contributed by atoms with van der Waals surface area (Å²) in [7, 11) is -3.17. The van der Waals surface area contributed by atoms with Crippen molar-refractivity contribution >= 4 is 27.4 Å². The van der Waals surface area contributed by atoms with E-state index in [0.717, 1.165) is 25.7 Å². The maximum atomic E-state index is 12.8. The molecule has 0 bridgehead atoms. The van der Waals surface area contributed by atoms with Crippen molar-refractivity contribution < 1.29 is 27.7 Å². The topological polar surface area (TPSA) is 124 Å².